The molecule has 0 aliphatic heterocycles. The fourth-order valence-corrected chi connectivity index (χ4v) is 3.59. The van der Waals surface area contributed by atoms with Crippen LogP contribution in [0.15, 0.2) is 72.8 Å². The van der Waals surface area contributed by atoms with Gasteiger partial charge in [-0.1, -0.05) is 54.6 Å². The fourth-order valence-electron chi connectivity index (χ4n) is 3.59. The van der Waals surface area contributed by atoms with Crippen LogP contribution in [0.3, 0.4) is 0 Å². The molecule has 36 heavy (non-hydrogen) atoms. The zero-order valence-electron chi connectivity index (χ0n) is 18.9. The maximum atomic E-state index is 13.1. The largest absolute Gasteiger partial charge is 0.467 e. The molecule has 0 unspecified atom stereocenters. The first kappa shape index (κ1) is 26.8. The molecule has 0 bridgehead atoms. The molecule has 0 saturated heterocycles. The summed E-state index contributed by atoms with van der Waals surface area (Å²) in [5.41, 5.74) is -0.996. The predicted molar refractivity (Wildman–Crippen MR) is 120 cm³/mol. The van der Waals surface area contributed by atoms with Gasteiger partial charge in [-0.15, -0.1) is 0 Å². The van der Waals surface area contributed by atoms with Crippen LogP contribution in [-0.2, 0) is 39.5 Å². The second-order valence-electron chi connectivity index (χ2n) is 8.00. The number of amides is 1. The predicted octanol–water partition coefficient (Wildman–Crippen LogP) is 5.83. The SMILES string of the molecule is COC(=O)[C@H](Cc1ccc(-c2ccccc2)cc1)NC(=O)Cc1cc(C(F)(F)F)cc(C(F)(F)F)c1. The Bertz CT molecular complexity index is 1170. The van der Waals surface area contributed by atoms with Crippen LogP contribution in [-0.4, -0.2) is 25.0 Å². The minimum atomic E-state index is -5.03. The van der Waals surface area contributed by atoms with Crippen molar-refractivity contribution in [1.82, 2.24) is 5.32 Å². The molecular weight excluding hydrogens is 488 g/mol. The summed E-state index contributed by atoms with van der Waals surface area (Å²) in [5.74, 6) is -1.74. The summed E-state index contributed by atoms with van der Waals surface area (Å²) in [6, 6.07) is 16.4. The van der Waals surface area contributed by atoms with Gasteiger partial charge < -0.3 is 10.1 Å². The highest BCUT2D eigenvalue weighted by atomic mass is 19.4. The lowest BCUT2D eigenvalue weighted by atomic mass is 10.00. The molecule has 1 atom stereocenters. The van der Waals surface area contributed by atoms with Gasteiger partial charge in [0.1, 0.15) is 6.04 Å². The molecule has 1 N–H and O–H groups in total. The van der Waals surface area contributed by atoms with Crippen molar-refractivity contribution in [2.75, 3.05) is 7.11 Å². The van der Waals surface area contributed by atoms with E-state index in [0.717, 1.165) is 18.2 Å². The lowest BCUT2D eigenvalue weighted by Gasteiger charge is -2.18. The highest BCUT2D eigenvalue weighted by molar-refractivity contribution is 5.86. The second kappa shape index (κ2) is 10.8. The first-order valence-electron chi connectivity index (χ1n) is 10.7. The van der Waals surface area contributed by atoms with Crippen molar-refractivity contribution in [1.29, 1.82) is 0 Å². The highest BCUT2D eigenvalue weighted by Gasteiger charge is 2.37. The molecule has 0 aliphatic carbocycles. The molecule has 0 saturated carbocycles. The van der Waals surface area contributed by atoms with Crippen LogP contribution in [0.5, 0.6) is 0 Å². The molecule has 3 aromatic rings. The molecule has 0 heterocycles. The van der Waals surface area contributed by atoms with Crippen LogP contribution in [0, 0.1) is 0 Å². The number of rotatable bonds is 7. The Hall–Kier alpha value is -3.82. The minimum absolute atomic E-state index is 0.00384. The number of carbonyl (C=O) groups excluding carboxylic acids is 2. The third kappa shape index (κ3) is 7.10. The Kier molecular flexibility index (Phi) is 8.07. The Labute approximate surface area is 202 Å². The van der Waals surface area contributed by atoms with E-state index < -0.39 is 53.4 Å². The summed E-state index contributed by atoms with van der Waals surface area (Å²) in [4.78, 5) is 24.7. The number of benzene rings is 3. The number of hydrogen-bond donors (Lipinski definition) is 1. The Balaban J connectivity index is 1.76. The van der Waals surface area contributed by atoms with Gasteiger partial charge in [0.05, 0.1) is 24.7 Å². The summed E-state index contributed by atoms with van der Waals surface area (Å²) >= 11 is 0. The summed E-state index contributed by atoms with van der Waals surface area (Å²) in [6.45, 7) is 0. The van der Waals surface area contributed by atoms with Crippen molar-refractivity contribution in [3.05, 3.63) is 95.1 Å². The van der Waals surface area contributed by atoms with Crippen LogP contribution in [0.4, 0.5) is 26.3 Å². The molecule has 4 nitrogen and oxygen atoms in total. The summed E-state index contributed by atoms with van der Waals surface area (Å²) in [7, 11) is 1.10. The molecule has 0 spiro atoms. The molecule has 3 aromatic carbocycles. The molecule has 1 amide bonds. The van der Waals surface area contributed by atoms with Crippen LogP contribution < -0.4 is 5.32 Å². The summed E-state index contributed by atoms with van der Waals surface area (Å²) in [5, 5.41) is 2.35. The Morgan fingerprint density at radius 2 is 1.31 bits per heavy atom. The van der Waals surface area contributed by atoms with Crippen molar-refractivity contribution in [3.63, 3.8) is 0 Å². The van der Waals surface area contributed by atoms with E-state index in [2.05, 4.69) is 5.32 Å². The van der Waals surface area contributed by atoms with Gasteiger partial charge in [0.15, 0.2) is 0 Å². The van der Waals surface area contributed by atoms with Gasteiger partial charge in [0.25, 0.3) is 0 Å². The maximum absolute atomic E-state index is 13.1. The van der Waals surface area contributed by atoms with Gasteiger partial charge in [-0.25, -0.2) is 4.79 Å². The van der Waals surface area contributed by atoms with E-state index in [4.69, 9.17) is 4.74 Å². The van der Waals surface area contributed by atoms with E-state index in [1.807, 2.05) is 42.5 Å². The quantitative estimate of drug-likeness (QED) is 0.322. The highest BCUT2D eigenvalue weighted by Crippen LogP contribution is 2.36. The zero-order chi connectivity index (χ0) is 26.5. The van der Waals surface area contributed by atoms with E-state index in [1.165, 1.54) is 0 Å². The van der Waals surface area contributed by atoms with Crippen molar-refractivity contribution in [2.45, 2.75) is 31.2 Å². The molecule has 0 aromatic heterocycles. The van der Waals surface area contributed by atoms with Crippen LogP contribution in [0.2, 0.25) is 0 Å². The number of hydrogen-bond acceptors (Lipinski definition) is 3. The molecular formula is C26H21F6NO3. The van der Waals surface area contributed by atoms with Gasteiger partial charge >= 0.3 is 18.3 Å². The van der Waals surface area contributed by atoms with Gasteiger partial charge in [-0.3, -0.25) is 4.79 Å². The first-order valence-corrected chi connectivity index (χ1v) is 10.7. The van der Waals surface area contributed by atoms with E-state index in [0.29, 0.717) is 17.7 Å². The van der Waals surface area contributed by atoms with Crippen LogP contribution in [0.1, 0.15) is 22.3 Å². The number of halogens is 6. The van der Waals surface area contributed by atoms with Crippen molar-refractivity contribution < 1.29 is 40.7 Å². The van der Waals surface area contributed by atoms with Gasteiger partial charge in [0.2, 0.25) is 5.91 Å². The average Bonchev–Trinajstić information content (AvgIpc) is 2.83. The third-order valence-electron chi connectivity index (χ3n) is 5.33. The van der Waals surface area contributed by atoms with Crippen LogP contribution in [0.25, 0.3) is 11.1 Å². The Morgan fingerprint density at radius 3 is 1.81 bits per heavy atom. The van der Waals surface area contributed by atoms with Gasteiger partial charge in [-0.05, 0) is 40.5 Å². The molecule has 0 radical (unpaired) electrons. The van der Waals surface area contributed by atoms with Crippen molar-refractivity contribution in [3.8, 4) is 11.1 Å². The summed E-state index contributed by atoms with van der Waals surface area (Å²) < 4.78 is 83.2. The van der Waals surface area contributed by atoms with Crippen molar-refractivity contribution in [2.24, 2.45) is 0 Å². The number of esters is 1. The zero-order valence-corrected chi connectivity index (χ0v) is 18.9. The minimum Gasteiger partial charge on any atom is -0.467 e. The topological polar surface area (TPSA) is 55.4 Å². The maximum Gasteiger partial charge on any atom is 0.416 e. The van der Waals surface area contributed by atoms with Gasteiger partial charge in [-0.2, -0.15) is 26.3 Å². The van der Waals surface area contributed by atoms with Gasteiger partial charge in [0, 0.05) is 6.42 Å². The standard InChI is InChI=1S/C26H21F6NO3/c1-36-24(35)22(13-16-7-9-19(10-8-16)18-5-3-2-4-6-18)33-23(34)14-17-11-20(25(27,28)29)15-21(12-17)26(30,31)32/h2-12,15,22H,13-14H2,1H3,(H,33,34)/t22-/m0/s1. The number of methoxy groups -OCH3 is 1. The number of ether oxygens (including phenoxy) is 1. The number of alkyl halides is 6. The number of nitrogens with one attached hydrogen (secondary N) is 1. The lowest BCUT2D eigenvalue weighted by molar-refractivity contribution is -0.145. The Morgan fingerprint density at radius 1 is 0.778 bits per heavy atom. The van der Waals surface area contributed by atoms with E-state index >= 15 is 0 Å². The lowest BCUT2D eigenvalue weighted by Crippen LogP contribution is -2.43. The molecule has 0 fully saturated rings. The van der Waals surface area contributed by atoms with E-state index in [-0.39, 0.29) is 12.5 Å². The molecule has 3 rings (SSSR count). The first-order chi connectivity index (χ1) is 16.9. The normalized spacial score (nSPS) is 12.6. The fraction of sp³-hybridized carbons (Fsp3) is 0.231. The smallest absolute Gasteiger partial charge is 0.416 e. The molecule has 10 heteroatoms. The number of carbonyl (C=O) groups is 2. The molecule has 0 aliphatic rings. The van der Waals surface area contributed by atoms with E-state index in [1.54, 1.807) is 12.1 Å². The van der Waals surface area contributed by atoms with Crippen LogP contribution >= 0.6 is 0 Å². The summed E-state index contributed by atoms with van der Waals surface area (Å²) in [6.07, 6.45) is -10.9. The molecule has 190 valence electrons. The van der Waals surface area contributed by atoms with Crippen molar-refractivity contribution >= 4 is 11.9 Å². The third-order valence-corrected chi connectivity index (χ3v) is 5.33. The van der Waals surface area contributed by atoms with E-state index in [9.17, 15) is 35.9 Å². The average molecular weight is 509 g/mol. The second-order valence-corrected chi connectivity index (χ2v) is 8.00. The monoisotopic (exact) mass is 509 g/mol.